The van der Waals surface area contributed by atoms with Gasteiger partial charge in [0, 0.05) is 46.2 Å². The number of aryl methyl sites for hydroxylation is 2. The van der Waals surface area contributed by atoms with E-state index < -0.39 is 5.54 Å². The summed E-state index contributed by atoms with van der Waals surface area (Å²) in [7, 11) is 5.30. The van der Waals surface area contributed by atoms with Gasteiger partial charge in [0.05, 0.1) is 18.9 Å². The molecule has 2 aliphatic heterocycles. The van der Waals surface area contributed by atoms with Gasteiger partial charge in [-0.05, 0) is 25.5 Å². The van der Waals surface area contributed by atoms with Crippen molar-refractivity contribution in [2.45, 2.75) is 25.8 Å². The van der Waals surface area contributed by atoms with Gasteiger partial charge < -0.3 is 19.4 Å². The maximum absolute atomic E-state index is 13.5. The number of carbonyl (C=O) groups excluding carboxylic acids is 2. The Labute approximate surface area is 189 Å². The molecule has 2 amide bonds. The molecular weight excluding hydrogens is 406 g/mol. The Hall–Kier alpha value is -3.13. The number of nitrogens with zero attached hydrogens (tertiary/aromatic N) is 5. The Morgan fingerprint density at radius 3 is 2.41 bits per heavy atom. The van der Waals surface area contributed by atoms with E-state index >= 15 is 0 Å². The van der Waals surface area contributed by atoms with Crippen molar-refractivity contribution in [2.24, 2.45) is 7.05 Å². The van der Waals surface area contributed by atoms with E-state index in [1.54, 1.807) is 19.0 Å². The van der Waals surface area contributed by atoms with Crippen LogP contribution in [0.1, 0.15) is 23.7 Å². The van der Waals surface area contributed by atoms with Crippen molar-refractivity contribution < 1.29 is 14.3 Å². The van der Waals surface area contributed by atoms with Crippen molar-refractivity contribution in [1.82, 2.24) is 19.6 Å². The first-order valence-electron chi connectivity index (χ1n) is 10.9. The van der Waals surface area contributed by atoms with Gasteiger partial charge in [0.2, 0.25) is 0 Å². The number of likely N-dealkylation sites (N-methyl/N-ethyl adjacent to an activating group) is 2. The van der Waals surface area contributed by atoms with Crippen LogP contribution in [-0.4, -0.2) is 77.3 Å². The molecule has 4 rings (SSSR count). The van der Waals surface area contributed by atoms with Gasteiger partial charge in [-0.3, -0.25) is 14.3 Å². The van der Waals surface area contributed by atoms with E-state index in [9.17, 15) is 9.59 Å². The minimum Gasteiger partial charge on any atom is -0.378 e. The molecule has 0 saturated carbocycles. The molecule has 1 atom stereocenters. The predicted octanol–water partition coefficient (Wildman–Crippen LogP) is 1.84. The zero-order valence-corrected chi connectivity index (χ0v) is 19.5. The second-order valence-electron chi connectivity index (χ2n) is 8.74. The number of ether oxygens (including phenoxy) is 1. The number of aromatic nitrogens is 2. The molecule has 0 bridgehead atoms. The molecule has 32 heavy (non-hydrogen) atoms. The molecule has 1 aromatic carbocycles. The van der Waals surface area contributed by atoms with Crippen LogP contribution < -0.4 is 4.90 Å². The fourth-order valence-electron chi connectivity index (χ4n) is 4.62. The van der Waals surface area contributed by atoms with Gasteiger partial charge in [-0.15, -0.1) is 0 Å². The molecular formula is C24H31N5O3. The smallest absolute Gasteiger partial charge is 0.271 e. The lowest BCUT2D eigenvalue weighted by atomic mass is 9.87. The zero-order valence-electron chi connectivity index (χ0n) is 19.5. The number of rotatable bonds is 4. The summed E-state index contributed by atoms with van der Waals surface area (Å²) in [6, 6.07) is 9.80. The molecule has 8 heteroatoms. The molecule has 8 nitrogen and oxygen atoms in total. The summed E-state index contributed by atoms with van der Waals surface area (Å²) in [5.41, 5.74) is 2.09. The van der Waals surface area contributed by atoms with Crippen molar-refractivity contribution in [1.29, 1.82) is 0 Å². The van der Waals surface area contributed by atoms with Gasteiger partial charge >= 0.3 is 0 Å². The maximum atomic E-state index is 13.5. The normalized spacial score (nSPS) is 23.4. The van der Waals surface area contributed by atoms with E-state index in [-0.39, 0.29) is 11.8 Å². The summed E-state index contributed by atoms with van der Waals surface area (Å²) in [6.07, 6.45) is 2.27. The number of amides is 2. The largest absolute Gasteiger partial charge is 0.378 e. The number of hydrogen-bond acceptors (Lipinski definition) is 5. The average Bonchev–Trinajstić information content (AvgIpc) is 3.08. The lowest BCUT2D eigenvalue weighted by Crippen LogP contribution is -2.64. The molecule has 1 unspecified atom stereocenters. The van der Waals surface area contributed by atoms with Gasteiger partial charge in [-0.2, -0.15) is 5.10 Å². The molecule has 2 aliphatic rings. The van der Waals surface area contributed by atoms with Gasteiger partial charge in [-0.25, -0.2) is 0 Å². The summed E-state index contributed by atoms with van der Waals surface area (Å²) in [5, 5.41) is 4.59. The van der Waals surface area contributed by atoms with E-state index in [1.165, 1.54) is 4.90 Å². The molecule has 170 valence electrons. The monoisotopic (exact) mass is 437 g/mol. The van der Waals surface area contributed by atoms with E-state index in [2.05, 4.69) is 10.00 Å². The molecule has 0 N–H and O–H groups in total. The number of morpholine rings is 1. The summed E-state index contributed by atoms with van der Waals surface area (Å²) in [6.45, 7) is 6.58. The Morgan fingerprint density at radius 2 is 1.75 bits per heavy atom. The Bertz CT molecular complexity index is 1060. The van der Waals surface area contributed by atoms with Crippen molar-refractivity contribution in [3.05, 3.63) is 52.8 Å². The molecule has 3 heterocycles. The third-order valence-corrected chi connectivity index (χ3v) is 6.61. The SMILES string of the molecule is Cc1nn(C)c(N2CCOCC2)c1C=C1C(=O)N(C)C(C)(Cc2ccccc2)C(=O)N1C. The van der Waals surface area contributed by atoms with Gasteiger partial charge in [0.15, 0.2) is 0 Å². The highest BCUT2D eigenvalue weighted by Gasteiger charge is 2.48. The fraction of sp³-hybridized carbons (Fsp3) is 0.458. The first-order chi connectivity index (χ1) is 15.2. The molecule has 2 saturated heterocycles. The molecule has 2 aromatic rings. The van der Waals surface area contributed by atoms with E-state index in [0.29, 0.717) is 25.3 Å². The van der Waals surface area contributed by atoms with Crippen LogP contribution in [-0.2, 0) is 27.8 Å². The van der Waals surface area contributed by atoms with Crippen LogP contribution in [0.3, 0.4) is 0 Å². The Kier molecular flexibility index (Phi) is 5.81. The van der Waals surface area contributed by atoms with Gasteiger partial charge in [0.1, 0.15) is 17.1 Å². The lowest BCUT2D eigenvalue weighted by Gasteiger charge is -2.45. The first-order valence-corrected chi connectivity index (χ1v) is 10.9. The highest BCUT2D eigenvalue weighted by molar-refractivity contribution is 6.09. The van der Waals surface area contributed by atoms with Crippen LogP contribution >= 0.6 is 0 Å². The number of hydrogen-bond donors (Lipinski definition) is 0. The highest BCUT2D eigenvalue weighted by Crippen LogP contribution is 2.33. The average molecular weight is 438 g/mol. The number of benzene rings is 1. The zero-order chi connectivity index (χ0) is 23.0. The van der Waals surface area contributed by atoms with Crippen molar-refractivity contribution in [3.63, 3.8) is 0 Å². The van der Waals surface area contributed by atoms with E-state index in [0.717, 1.165) is 35.7 Å². The van der Waals surface area contributed by atoms with Crippen LogP contribution in [0.25, 0.3) is 6.08 Å². The number of anilines is 1. The van der Waals surface area contributed by atoms with Crippen LogP contribution in [0, 0.1) is 6.92 Å². The molecule has 1 aromatic heterocycles. The lowest BCUT2D eigenvalue weighted by molar-refractivity contribution is -0.155. The predicted molar refractivity (Wildman–Crippen MR) is 123 cm³/mol. The third-order valence-electron chi connectivity index (χ3n) is 6.61. The highest BCUT2D eigenvalue weighted by atomic mass is 16.5. The van der Waals surface area contributed by atoms with Crippen molar-refractivity contribution in [2.75, 3.05) is 45.3 Å². The summed E-state index contributed by atoms with van der Waals surface area (Å²) >= 11 is 0. The number of carbonyl (C=O) groups is 2. The second kappa shape index (κ2) is 8.43. The minimum absolute atomic E-state index is 0.107. The number of piperazine rings is 1. The fourth-order valence-corrected chi connectivity index (χ4v) is 4.62. The molecule has 0 radical (unpaired) electrons. The summed E-state index contributed by atoms with van der Waals surface area (Å²) < 4.78 is 7.33. The maximum Gasteiger partial charge on any atom is 0.271 e. The topological polar surface area (TPSA) is 70.9 Å². The van der Waals surface area contributed by atoms with Crippen LogP contribution in [0.5, 0.6) is 0 Å². The molecule has 2 fully saturated rings. The standard InChI is InChI=1S/C24H31N5O3/c1-17-19(21(28(5)25-17)29-11-13-32-14-12-29)15-20-22(30)27(4)24(2,23(31)26(20)3)16-18-9-7-6-8-10-18/h6-10,15H,11-14,16H2,1-5H3. The Morgan fingerprint density at radius 1 is 1.09 bits per heavy atom. The van der Waals surface area contributed by atoms with E-state index in [4.69, 9.17) is 4.74 Å². The molecule has 0 aliphatic carbocycles. The van der Waals surface area contributed by atoms with Crippen LogP contribution in [0.2, 0.25) is 0 Å². The third kappa shape index (κ3) is 3.68. The van der Waals surface area contributed by atoms with Crippen molar-refractivity contribution >= 4 is 23.7 Å². The van der Waals surface area contributed by atoms with Gasteiger partial charge in [0.25, 0.3) is 11.8 Å². The minimum atomic E-state index is -0.957. The second-order valence-corrected chi connectivity index (χ2v) is 8.74. The molecule has 0 spiro atoms. The van der Waals surface area contributed by atoms with Crippen LogP contribution in [0.15, 0.2) is 36.0 Å². The van der Waals surface area contributed by atoms with E-state index in [1.807, 2.05) is 62.0 Å². The Balaban J connectivity index is 1.71. The van der Waals surface area contributed by atoms with Crippen LogP contribution in [0.4, 0.5) is 5.82 Å². The quantitative estimate of drug-likeness (QED) is 0.683. The van der Waals surface area contributed by atoms with Gasteiger partial charge in [-0.1, -0.05) is 30.3 Å². The summed E-state index contributed by atoms with van der Waals surface area (Å²) in [4.78, 5) is 32.3. The van der Waals surface area contributed by atoms with Crippen molar-refractivity contribution in [3.8, 4) is 0 Å². The first kappa shape index (κ1) is 22.1. The summed E-state index contributed by atoms with van der Waals surface area (Å²) in [5.74, 6) is 0.651.